The number of carbonyl (C=O) groups is 2. The summed E-state index contributed by atoms with van der Waals surface area (Å²) in [4.78, 5) is 27.9. The Balaban J connectivity index is 1.53. The highest BCUT2D eigenvalue weighted by atomic mass is 35.5. The first-order valence-electron chi connectivity index (χ1n) is 8.56. The molecule has 0 spiro atoms. The highest BCUT2D eigenvalue weighted by Crippen LogP contribution is 2.28. The zero-order chi connectivity index (χ0) is 17.8. The lowest BCUT2D eigenvalue weighted by Crippen LogP contribution is -2.54. The number of ether oxygens (including phenoxy) is 1. The second kappa shape index (κ2) is 8.03. The van der Waals surface area contributed by atoms with E-state index in [0.29, 0.717) is 44.2 Å². The lowest BCUT2D eigenvalue weighted by molar-refractivity contribution is -0.134. The maximum Gasteiger partial charge on any atom is 0.409 e. The quantitative estimate of drug-likeness (QED) is 0.849. The SMILES string of the molecule is CCOC(=O)N1CCN(C(=O)C2CC(c3ccccc3Cl)NN2)CC1. The molecule has 2 fully saturated rings. The molecule has 8 heteroatoms. The summed E-state index contributed by atoms with van der Waals surface area (Å²) in [6, 6.07) is 7.35. The van der Waals surface area contributed by atoms with Gasteiger partial charge in [-0.1, -0.05) is 29.8 Å². The number of hydrazine groups is 1. The lowest BCUT2D eigenvalue weighted by atomic mass is 10.0. The number of hydrogen-bond acceptors (Lipinski definition) is 5. The van der Waals surface area contributed by atoms with Crippen LogP contribution in [-0.2, 0) is 9.53 Å². The van der Waals surface area contributed by atoms with Crippen LogP contribution < -0.4 is 10.9 Å². The van der Waals surface area contributed by atoms with Crippen LogP contribution in [0.2, 0.25) is 5.02 Å². The van der Waals surface area contributed by atoms with Gasteiger partial charge >= 0.3 is 6.09 Å². The van der Waals surface area contributed by atoms with E-state index in [-0.39, 0.29) is 24.1 Å². The molecule has 2 amide bonds. The molecular formula is C17H23ClN4O3. The summed E-state index contributed by atoms with van der Waals surface area (Å²) in [6.45, 7) is 4.18. The second-order valence-electron chi connectivity index (χ2n) is 6.16. The zero-order valence-electron chi connectivity index (χ0n) is 14.2. The van der Waals surface area contributed by atoms with Crippen LogP contribution in [0.15, 0.2) is 24.3 Å². The topological polar surface area (TPSA) is 73.9 Å². The fourth-order valence-electron chi connectivity index (χ4n) is 3.22. The first-order chi connectivity index (χ1) is 12.1. The Hall–Kier alpha value is -1.83. The number of benzene rings is 1. The van der Waals surface area contributed by atoms with Gasteiger partial charge in [-0.25, -0.2) is 15.6 Å². The molecule has 1 aromatic rings. The van der Waals surface area contributed by atoms with Gasteiger partial charge in [-0.15, -0.1) is 0 Å². The van der Waals surface area contributed by atoms with Gasteiger partial charge in [0.2, 0.25) is 5.91 Å². The van der Waals surface area contributed by atoms with Gasteiger partial charge < -0.3 is 14.5 Å². The molecule has 2 heterocycles. The summed E-state index contributed by atoms with van der Waals surface area (Å²) >= 11 is 6.24. The van der Waals surface area contributed by atoms with Crippen molar-refractivity contribution in [3.8, 4) is 0 Å². The van der Waals surface area contributed by atoms with Crippen LogP contribution in [0, 0.1) is 0 Å². The summed E-state index contributed by atoms with van der Waals surface area (Å²) in [6.07, 6.45) is 0.328. The first-order valence-corrected chi connectivity index (χ1v) is 8.94. The third-order valence-corrected chi connectivity index (χ3v) is 4.94. The van der Waals surface area contributed by atoms with Crippen molar-refractivity contribution in [1.82, 2.24) is 20.7 Å². The number of hydrogen-bond donors (Lipinski definition) is 2. The molecule has 7 nitrogen and oxygen atoms in total. The van der Waals surface area contributed by atoms with E-state index in [1.807, 2.05) is 24.3 Å². The minimum absolute atomic E-state index is 0.00321. The van der Waals surface area contributed by atoms with Crippen LogP contribution in [0.5, 0.6) is 0 Å². The Morgan fingerprint density at radius 3 is 2.52 bits per heavy atom. The van der Waals surface area contributed by atoms with Gasteiger partial charge in [0.1, 0.15) is 6.04 Å². The van der Waals surface area contributed by atoms with Crippen LogP contribution in [0.1, 0.15) is 24.9 Å². The van der Waals surface area contributed by atoms with E-state index in [0.717, 1.165) is 5.56 Å². The van der Waals surface area contributed by atoms with Gasteiger partial charge in [0.15, 0.2) is 0 Å². The van der Waals surface area contributed by atoms with Crippen LogP contribution in [0.3, 0.4) is 0 Å². The molecule has 0 aliphatic carbocycles. The second-order valence-corrected chi connectivity index (χ2v) is 6.57. The van der Waals surface area contributed by atoms with E-state index >= 15 is 0 Å². The predicted octanol–water partition coefficient (Wildman–Crippen LogP) is 1.55. The summed E-state index contributed by atoms with van der Waals surface area (Å²) in [5.74, 6) is 0.0468. The average Bonchev–Trinajstić information content (AvgIpc) is 3.11. The molecule has 136 valence electrons. The number of halogens is 1. The zero-order valence-corrected chi connectivity index (χ0v) is 15.0. The predicted molar refractivity (Wildman–Crippen MR) is 94.0 cm³/mol. The number of piperazine rings is 1. The van der Waals surface area contributed by atoms with Gasteiger partial charge in [-0.2, -0.15) is 0 Å². The molecule has 0 saturated carbocycles. The van der Waals surface area contributed by atoms with Crippen LogP contribution >= 0.6 is 11.6 Å². The van der Waals surface area contributed by atoms with Crippen molar-refractivity contribution >= 4 is 23.6 Å². The van der Waals surface area contributed by atoms with Crippen molar-refractivity contribution in [3.63, 3.8) is 0 Å². The Morgan fingerprint density at radius 1 is 1.16 bits per heavy atom. The smallest absolute Gasteiger partial charge is 0.409 e. The molecule has 2 N–H and O–H groups in total. The normalized spacial score (nSPS) is 23.6. The molecule has 0 aromatic heterocycles. The molecule has 0 bridgehead atoms. The third kappa shape index (κ3) is 4.05. The van der Waals surface area contributed by atoms with Crippen LogP contribution in [0.4, 0.5) is 4.79 Å². The molecule has 2 aliphatic heterocycles. The lowest BCUT2D eigenvalue weighted by Gasteiger charge is -2.35. The van der Waals surface area contributed by atoms with Gasteiger partial charge in [0.25, 0.3) is 0 Å². The van der Waals surface area contributed by atoms with E-state index < -0.39 is 0 Å². The number of carbonyl (C=O) groups excluding carboxylic acids is 2. The first kappa shape index (κ1) is 18.0. The van der Waals surface area contributed by atoms with Crippen molar-refractivity contribution in [2.75, 3.05) is 32.8 Å². The van der Waals surface area contributed by atoms with Gasteiger partial charge in [0, 0.05) is 37.2 Å². The number of nitrogens with one attached hydrogen (secondary N) is 2. The highest BCUT2D eigenvalue weighted by Gasteiger charge is 2.35. The molecular weight excluding hydrogens is 344 g/mol. The van der Waals surface area contributed by atoms with Gasteiger partial charge in [-0.3, -0.25) is 4.79 Å². The number of rotatable bonds is 3. The molecule has 2 saturated heterocycles. The van der Waals surface area contributed by atoms with Crippen molar-refractivity contribution in [2.45, 2.75) is 25.4 Å². The summed E-state index contributed by atoms with van der Waals surface area (Å²) in [7, 11) is 0. The molecule has 1 aromatic carbocycles. The van der Waals surface area contributed by atoms with Crippen molar-refractivity contribution in [3.05, 3.63) is 34.9 Å². The van der Waals surface area contributed by atoms with Crippen LogP contribution in [-0.4, -0.2) is 60.6 Å². The maximum absolute atomic E-state index is 12.7. The van der Waals surface area contributed by atoms with Gasteiger partial charge in [-0.05, 0) is 25.0 Å². The molecule has 25 heavy (non-hydrogen) atoms. The molecule has 0 radical (unpaired) electrons. The standard InChI is InChI=1S/C17H23ClN4O3/c1-2-25-17(24)22-9-7-21(8-10-22)16(23)15-11-14(19-20-15)12-5-3-4-6-13(12)18/h3-6,14-15,19-20H,2,7-11H2,1H3. The van der Waals surface area contributed by atoms with Crippen molar-refractivity contribution in [1.29, 1.82) is 0 Å². The molecule has 2 aliphatic rings. The van der Waals surface area contributed by atoms with E-state index in [2.05, 4.69) is 10.9 Å². The van der Waals surface area contributed by atoms with E-state index in [4.69, 9.17) is 16.3 Å². The largest absolute Gasteiger partial charge is 0.450 e. The maximum atomic E-state index is 12.7. The molecule has 2 atom stereocenters. The average molecular weight is 367 g/mol. The molecule has 2 unspecified atom stereocenters. The summed E-state index contributed by atoms with van der Waals surface area (Å²) in [5, 5.41) is 0.693. The molecule has 3 rings (SSSR count). The summed E-state index contributed by atoms with van der Waals surface area (Å²) < 4.78 is 5.00. The minimum Gasteiger partial charge on any atom is -0.450 e. The monoisotopic (exact) mass is 366 g/mol. The summed E-state index contributed by atoms with van der Waals surface area (Å²) in [5.41, 5.74) is 7.23. The fraction of sp³-hybridized carbons (Fsp3) is 0.529. The third-order valence-electron chi connectivity index (χ3n) is 4.60. The fourth-order valence-corrected chi connectivity index (χ4v) is 3.49. The Bertz CT molecular complexity index is 634. The van der Waals surface area contributed by atoms with E-state index in [1.165, 1.54) is 0 Å². The van der Waals surface area contributed by atoms with E-state index in [1.54, 1.807) is 16.7 Å². The van der Waals surface area contributed by atoms with Crippen molar-refractivity contribution < 1.29 is 14.3 Å². The van der Waals surface area contributed by atoms with E-state index in [9.17, 15) is 9.59 Å². The number of amides is 2. The Labute approximate surface area is 152 Å². The van der Waals surface area contributed by atoms with Gasteiger partial charge in [0.05, 0.1) is 6.61 Å². The minimum atomic E-state index is -0.311. The van der Waals surface area contributed by atoms with Crippen LogP contribution in [0.25, 0.3) is 0 Å². The Morgan fingerprint density at radius 2 is 1.84 bits per heavy atom. The Kier molecular flexibility index (Phi) is 5.78. The van der Waals surface area contributed by atoms with Crippen molar-refractivity contribution in [2.24, 2.45) is 0 Å². The number of nitrogens with zero attached hydrogens (tertiary/aromatic N) is 2. The highest BCUT2D eigenvalue weighted by molar-refractivity contribution is 6.31.